The Morgan fingerprint density at radius 2 is 1.06 bits per heavy atom. The van der Waals surface area contributed by atoms with Crippen molar-refractivity contribution in [3.63, 3.8) is 0 Å². The van der Waals surface area contributed by atoms with Gasteiger partial charge in [0.2, 0.25) is 0 Å². The Balaban J connectivity index is 0.00000109. The third-order valence-electron chi connectivity index (χ3n) is 6.72. The monoisotopic (exact) mass is 494 g/mol. The number of carbonyl (C=O) groups excluding carboxylic acids is 1. The quantitative estimate of drug-likeness (QED) is 0.0954. The van der Waals surface area contributed by atoms with E-state index in [4.69, 9.17) is 20.1 Å². The average Bonchev–Trinajstić information content (AvgIpc) is 2.89. The maximum absolute atomic E-state index is 11.7. The van der Waals surface area contributed by atoms with Crippen molar-refractivity contribution in [2.24, 2.45) is 5.41 Å². The SMILES string of the molecule is CCC(CO)(CO)CO.CCCCCCCCCCCCCCCCCC(=O)Oc1ccccc1. The Morgan fingerprint density at radius 3 is 1.40 bits per heavy atom. The van der Waals surface area contributed by atoms with Crippen molar-refractivity contribution < 1.29 is 24.9 Å². The van der Waals surface area contributed by atoms with Crippen molar-refractivity contribution in [3.05, 3.63) is 30.3 Å². The van der Waals surface area contributed by atoms with Gasteiger partial charge >= 0.3 is 5.97 Å². The number of hydrogen-bond donors (Lipinski definition) is 3. The molecule has 204 valence electrons. The number of aliphatic hydroxyl groups excluding tert-OH is 3. The van der Waals surface area contributed by atoms with E-state index in [9.17, 15) is 4.79 Å². The molecule has 0 aliphatic rings. The Morgan fingerprint density at radius 1 is 0.657 bits per heavy atom. The van der Waals surface area contributed by atoms with Crippen LogP contribution in [0.1, 0.15) is 123 Å². The molecule has 0 radical (unpaired) electrons. The smallest absolute Gasteiger partial charge is 0.311 e. The number of aliphatic hydroxyl groups is 3. The molecule has 0 saturated carbocycles. The number of para-hydroxylation sites is 1. The van der Waals surface area contributed by atoms with E-state index in [1.54, 1.807) is 0 Å². The molecule has 35 heavy (non-hydrogen) atoms. The number of benzene rings is 1. The van der Waals surface area contributed by atoms with Gasteiger partial charge in [0, 0.05) is 11.8 Å². The van der Waals surface area contributed by atoms with Gasteiger partial charge < -0.3 is 20.1 Å². The Bertz CT molecular complexity index is 554. The minimum atomic E-state index is -0.667. The summed E-state index contributed by atoms with van der Waals surface area (Å²) in [6, 6.07) is 9.34. The lowest BCUT2D eigenvalue weighted by atomic mass is 9.88. The van der Waals surface area contributed by atoms with Crippen molar-refractivity contribution in [1.82, 2.24) is 0 Å². The molecular weight excluding hydrogens is 440 g/mol. The van der Waals surface area contributed by atoms with Crippen molar-refractivity contribution in [1.29, 1.82) is 0 Å². The molecule has 0 saturated heterocycles. The highest BCUT2D eigenvalue weighted by molar-refractivity contribution is 5.72. The molecule has 0 aliphatic carbocycles. The third-order valence-corrected chi connectivity index (χ3v) is 6.72. The largest absolute Gasteiger partial charge is 0.427 e. The summed E-state index contributed by atoms with van der Waals surface area (Å²) in [5, 5.41) is 26.0. The van der Waals surface area contributed by atoms with E-state index in [0.29, 0.717) is 18.6 Å². The Kier molecular flexibility index (Phi) is 23.3. The summed E-state index contributed by atoms with van der Waals surface area (Å²) >= 11 is 0. The van der Waals surface area contributed by atoms with E-state index in [2.05, 4.69) is 6.92 Å². The van der Waals surface area contributed by atoms with Crippen molar-refractivity contribution >= 4 is 5.97 Å². The molecule has 5 heteroatoms. The summed E-state index contributed by atoms with van der Waals surface area (Å²) in [7, 11) is 0. The Hall–Kier alpha value is -1.43. The van der Waals surface area contributed by atoms with Crippen LogP contribution in [0.15, 0.2) is 30.3 Å². The van der Waals surface area contributed by atoms with Gasteiger partial charge in [-0.1, -0.05) is 122 Å². The van der Waals surface area contributed by atoms with Crippen LogP contribution in [0.2, 0.25) is 0 Å². The first kappa shape index (κ1) is 33.6. The predicted octanol–water partition coefficient (Wildman–Crippen LogP) is 7.21. The second kappa shape index (κ2) is 24.3. The van der Waals surface area contributed by atoms with Gasteiger partial charge in [0.1, 0.15) is 5.75 Å². The standard InChI is InChI=1S/C24H40O2.C6H14O3/c1-2-3-4-5-6-7-8-9-10-11-12-13-14-15-19-22-24(25)26-23-20-17-16-18-21-23;1-2-6(3-7,4-8)5-9/h16-18,20-21H,2-15,19,22H2,1H3;7-9H,2-5H2,1H3. The van der Waals surface area contributed by atoms with Crippen LogP contribution in [0.3, 0.4) is 0 Å². The fourth-order valence-corrected chi connectivity index (χ4v) is 3.80. The van der Waals surface area contributed by atoms with Crippen LogP contribution in [0, 0.1) is 5.41 Å². The third kappa shape index (κ3) is 19.4. The molecule has 0 aromatic heterocycles. The van der Waals surface area contributed by atoms with Crippen LogP contribution in [0.25, 0.3) is 0 Å². The van der Waals surface area contributed by atoms with Gasteiger partial charge in [-0.05, 0) is 25.0 Å². The fraction of sp³-hybridized carbons (Fsp3) is 0.767. The van der Waals surface area contributed by atoms with Gasteiger partial charge in [0.05, 0.1) is 19.8 Å². The summed E-state index contributed by atoms with van der Waals surface area (Å²) in [4.78, 5) is 11.7. The minimum Gasteiger partial charge on any atom is -0.427 e. The lowest BCUT2D eigenvalue weighted by Crippen LogP contribution is -2.32. The van der Waals surface area contributed by atoms with Crippen LogP contribution >= 0.6 is 0 Å². The first-order valence-electron chi connectivity index (χ1n) is 14.2. The maximum Gasteiger partial charge on any atom is 0.311 e. The molecule has 0 heterocycles. The fourth-order valence-electron chi connectivity index (χ4n) is 3.80. The van der Waals surface area contributed by atoms with E-state index in [1.807, 2.05) is 37.3 Å². The minimum absolute atomic E-state index is 0.106. The number of carbonyl (C=O) groups is 1. The number of rotatable bonds is 21. The van der Waals surface area contributed by atoms with Crippen molar-refractivity contribution in [3.8, 4) is 5.75 Å². The lowest BCUT2D eigenvalue weighted by molar-refractivity contribution is -0.134. The molecule has 0 fully saturated rings. The van der Waals surface area contributed by atoms with Gasteiger partial charge in [-0.2, -0.15) is 0 Å². The number of esters is 1. The van der Waals surface area contributed by atoms with Gasteiger partial charge in [-0.3, -0.25) is 4.79 Å². The molecule has 1 aromatic carbocycles. The average molecular weight is 495 g/mol. The Labute approximate surface area is 215 Å². The van der Waals surface area contributed by atoms with E-state index in [-0.39, 0.29) is 25.8 Å². The molecule has 5 nitrogen and oxygen atoms in total. The number of hydrogen-bond acceptors (Lipinski definition) is 5. The lowest BCUT2D eigenvalue weighted by Gasteiger charge is -2.24. The summed E-state index contributed by atoms with van der Waals surface area (Å²) in [6.45, 7) is 3.63. The van der Waals surface area contributed by atoms with E-state index in [1.165, 1.54) is 83.5 Å². The summed E-state index contributed by atoms with van der Waals surface area (Å²) < 4.78 is 5.29. The second-order valence-corrected chi connectivity index (χ2v) is 9.81. The zero-order valence-electron chi connectivity index (χ0n) is 22.7. The van der Waals surface area contributed by atoms with Gasteiger partial charge in [0.25, 0.3) is 0 Å². The first-order chi connectivity index (χ1) is 17.1. The highest BCUT2D eigenvalue weighted by Gasteiger charge is 2.24. The zero-order valence-corrected chi connectivity index (χ0v) is 22.7. The summed E-state index contributed by atoms with van der Waals surface area (Å²) in [5.74, 6) is 0.546. The van der Waals surface area contributed by atoms with Crippen LogP contribution < -0.4 is 4.74 Å². The molecule has 0 unspecified atom stereocenters. The first-order valence-corrected chi connectivity index (χ1v) is 14.2. The number of unbranched alkanes of at least 4 members (excludes halogenated alkanes) is 14. The molecule has 3 N–H and O–H groups in total. The van der Waals surface area contributed by atoms with Gasteiger partial charge in [-0.15, -0.1) is 0 Å². The van der Waals surface area contributed by atoms with Crippen molar-refractivity contribution in [2.45, 2.75) is 123 Å². The van der Waals surface area contributed by atoms with E-state index >= 15 is 0 Å². The zero-order chi connectivity index (χ0) is 26.0. The molecule has 0 aliphatic heterocycles. The molecule has 0 atom stereocenters. The van der Waals surface area contributed by atoms with Crippen LogP contribution in [0.5, 0.6) is 5.75 Å². The topological polar surface area (TPSA) is 87.0 Å². The highest BCUT2D eigenvalue weighted by atomic mass is 16.5. The molecular formula is C30H54O5. The molecule has 0 bridgehead atoms. The normalized spacial score (nSPS) is 11.1. The number of ether oxygens (including phenoxy) is 1. The van der Waals surface area contributed by atoms with Gasteiger partial charge in [-0.25, -0.2) is 0 Å². The summed E-state index contributed by atoms with van der Waals surface area (Å²) in [6.07, 6.45) is 21.2. The second-order valence-electron chi connectivity index (χ2n) is 9.81. The molecule has 1 rings (SSSR count). The molecule has 0 amide bonds. The summed E-state index contributed by atoms with van der Waals surface area (Å²) in [5.41, 5.74) is -0.667. The van der Waals surface area contributed by atoms with Gasteiger partial charge in [0.15, 0.2) is 0 Å². The van der Waals surface area contributed by atoms with Crippen molar-refractivity contribution in [2.75, 3.05) is 19.8 Å². The molecule has 1 aromatic rings. The van der Waals surface area contributed by atoms with Crippen LogP contribution in [0.4, 0.5) is 0 Å². The van der Waals surface area contributed by atoms with Crippen LogP contribution in [-0.2, 0) is 4.79 Å². The van der Waals surface area contributed by atoms with Crippen LogP contribution in [-0.4, -0.2) is 41.1 Å². The predicted molar refractivity (Wildman–Crippen MR) is 146 cm³/mol. The molecule has 0 spiro atoms. The van der Waals surface area contributed by atoms with E-state index in [0.717, 1.165) is 12.8 Å². The van der Waals surface area contributed by atoms with E-state index < -0.39 is 5.41 Å². The highest BCUT2D eigenvalue weighted by Crippen LogP contribution is 2.18. The maximum atomic E-state index is 11.7.